The number of aryl methyl sites for hydroxylation is 1. The number of nitrogens with zero attached hydrogens (tertiary/aromatic N) is 3. The van der Waals surface area contributed by atoms with Crippen LogP contribution in [0.3, 0.4) is 0 Å². The predicted molar refractivity (Wildman–Crippen MR) is 112 cm³/mol. The van der Waals surface area contributed by atoms with Crippen LogP contribution in [-0.4, -0.2) is 43.2 Å². The first-order valence-corrected chi connectivity index (χ1v) is 10.4. The van der Waals surface area contributed by atoms with Crippen molar-refractivity contribution in [3.8, 4) is 5.75 Å². The van der Waals surface area contributed by atoms with Gasteiger partial charge >= 0.3 is 5.97 Å². The molecule has 0 radical (unpaired) electrons. The van der Waals surface area contributed by atoms with Crippen LogP contribution < -0.4 is 9.64 Å². The first-order chi connectivity index (χ1) is 14.1. The number of rotatable bonds is 6. The number of methoxy groups -OCH3 is 2. The van der Waals surface area contributed by atoms with Crippen LogP contribution in [0, 0.1) is 6.92 Å². The third-order valence-corrected chi connectivity index (χ3v) is 6.07. The van der Waals surface area contributed by atoms with Gasteiger partial charge in [0.2, 0.25) is 0 Å². The van der Waals surface area contributed by atoms with Crippen molar-refractivity contribution in [2.45, 2.75) is 50.9 Å². The molecule has 1 saturated carbocycles. The molecule has 1 aromatic heterocycles. The second kappa shape index (κ2) is 8.39. The van der Waals surface area contributed by atoms with Gasteiger partial charge in [-0.1, -0.05) is 18.2 Å². The summed E-state index contributed by atoms with van der Waals surface area (Å²) in [6.07, 6.45) is 4.59. The average Bonchev–Trinajstić information content (AvgIpc) is 3.60. The van der Waals surface area contributed by atoms with E-state index in [9.17, 15) is 4.79 Å². The summed E-state index contributed by atoms with van der Waals surface area (Å²) in [5, 5.41) is 0. The summed E-state index contributed by atoms with van der Waals surface area (Å²) in [4.78, 5) is 23.9. The number of hydrogen-bond donors (Lipinski definition) is 0. The minimum absolute atomic E-state index is 0.217. The third-order valence-electron chi connectivity index (χ3n) is 6.07. The molecule has 0 spiro atoms. The van der Waals surface area contributed by atoms with E-state index < -0.39 is 0 Å². The van der Waals surface area contributed by atoms with E-state index in [4.69, 9.17) is 19.4 Å². The van der Waals surface area contributed by atoms with Gasteiger partial charge in [-0.25, -0.2) is 9.97 Å². The number of benzene rings is 1. The highest BCUT2D eigenvalue weighted by molar-refractivity contribution is 5.75. The van der Waals surface area contributed by atoms with E-state index in [-0.39, 0.29) is 12.4 Å². The van der Waals surface area contributed by atoms with Crippen molar-refractivity contribution in [2.24, 2.45) is 0 Å². The molecular formula is C23H29N3O3. The molecule has 0 N–H and O–H groups in total. The molecule has 2 aromatic rings. The second-order valence-corrected chi connectivity index (χ2v) is 8.00. The van der Waals surface area contributed by atoms with E-state index in [1.54, 1.807) is 7.11 Å². The molecular weight excluding hydrogens is 366 g/mol. The molecule has 1 aliphatic heterocycles. The molecule has 2 fully saturated rings. The number of para-hydroxylation sites is 1. The summed E-state index contributed by atoms with van der Waals surface area (Å²) in [7, 11) is 3.16. The molecule has 154 valence electrons. The van der Waals surface area contributed by atoms with Crippen LogP contribution in [0.25, 0.3) is 0 Å². The highest BCUT2D eigenvalue weighted by Gasteiger charge is 2.31. The van der Waals surface area contributed by atoms with Gasteiger partial charge in [0.15, 0.2) is 0 Å². The monoisotopic (exact) mass is 395 g/mol. The normalized spacial score (nSPS) is 17.3. The number of esters is 1. The lowest BCUT2D eigenvalue weighted by Gasteiger charge is -2.35. The molecule has 1 aromatic carbocycles. The van der Waals surface area contributed by atoms with E-state index in [0.29, 0.717) is 11.8 Å². The van der Waals surface area contributed by atoms with Gasteiger partial charge in [-0.2, -0.15) is 0 Å². The summed E-state index contributed by atoms with van der Waals surface area (Å²) in [5.41, 5.74) is 3.08. The number of carbonyl (C=O) groups excluding carboxylic acids is 1. The fraction of sp³-hybridized carbons (Fsp3) is 0.522. The summed E-state index contributed by atoms with van der Waals surface area (Å²) in [6, 6.07) is 8.29. The Kier molecular flexibility index (Phi) is 5.69. The molecule has 1 aliphatic carbocycles. The average molecular weight is 396 g/mol. The largest absolute Gasteiger partial charge is 0.496 e. The van der Waals surface area contributed by atoms with Gasteiger partial charge in [0.05, 0.1) is 20.6 Å². The third kappa shape index (κ3) is 4.21. The molecule has 0 amide bonds. The number of piperidine rings is 1. The smallest absolute Gasteiger partial charge is 0.310 e. The maximum absolute atomic E-state index is 12.0. The lowest BCUT2D eigenvalue weighted by Crippen LogP contribution is -2.35. The van der Waals surface area contributed by atoms with E-state index in [2.05, 4.69) is 17.0 Å². The van der Waals surface area contributed by atoms with Crippen LogP contribution in [0.4, 0.5) is 5.82 Å². The molecule has 6 heteroatoms. The molecule has 1 saturated heterocycles. The SMILES string of the molecule is COC(=O)Cc1c(C)nc(C2CC2)nc1N1CCC(c2ccccc2OC)CC1. The van der Waals surface area contributed by atoms with Crippen molar-refractivity contribution in [1.82, 2.24) is 9.97 Å². The van der Waals surface area contributed by atoms with Crippen LogP contribution in [0.5, 0.6) is 5.75 Å². The van der Waals surface area contributed by atoms with Gasteiger partial charge in [0, 0.05) is 30.3 Å². The van der Waals surface area contributed by atoms with Gasteiger partial charge < -0.3 is 14.4 Å². The molecule has 4 rings (SSSR count). The van der Waals surface area contributed by atoms with Crippen molar-refractivity contribution in [1.29, 1.82) is 0 Å². The fourth-order valence-electron chi connectivity index (χ4n) is 4.22. The van der Waals surface area contributed by atoms with Gasteiger partial charge in [0.1, 0.15) is 17.4 Å². The first-order valence-electron chi connectivity index (χ1n) is 10.4. The molecule has 6 nitrogen and oxygen atoms in total. The summed E-state index contributed by atoms with van der Waals surface area (Å²) in [5.74, 6) is 3.51. The van der Waals surface area contributed by atoms with Gasteiger partial charge in [0.25, 0.3) is 0 Å². The molecule has 0 atom stereocenters. The highest BCUT2D eigenvalue weighted by atomic mass is 16.5. The van der Waals surface area contributed by atoms with Gasteiger partial charge in [-0.05, 0) is 50.2 Å². The number of carbonyl (C=O) groups is 1. The maximum Gasteiger partial charge on any atom is 0.310 e. The molecule has 2 aliphatic rings. The maximum atomic E-state index is 12.0. The standard InChI is InChI=1S/C23H29N3O3/c1-15-19(14-21(27)29-3)23(25-22(24-15)17-8-9-17)26-12-10-16(11-13-26)18-6-4-5-7-20(18)28-2/h4-7,16-17H,8-14H2,1-3H3. The van der Waals surface area contributed by atoms with E-state index >= 15 is 0 Å². The predicted octanol–water partition coefficient (Wildman–Crippen LogP) is 3.77. The van der Waals surface area contributed by atoms with E-state index in [1.165, 1.54) is 12.7 Å². The summed E-state index contributed by atoms with van der Waals surface area (Å²) < 4.78 is 10.5. The summed E-state index contributed by atoms with van der Waals surface area (Å²) >= 11 is 0. The lowest BCUT2D eigenvalue weighted by molar-refractivity contribution is -0.139. The van der Waals surface area contributed by atoms with Gasteiger partial charge in [-0.3, -0.25) is 4.79 Å². The van der Waals surface area contributed by atoms with E-state index in [1.807, 2.05) is 19.1 Å². The van der Waals surface area contributed by atoms with Gasteiger partial charge in [-0.15, -0.1) is 0 Å². The van der Waals surface area contributed by atoms with Crippen LogP contribution in [0.15, 0.2) is 24.3 Å². The highest BCUT2D eigenvalue weighted by Crippen LogP contribution is 2.40. The Bertz CT molecular complexity index is 887. The minimum Gasteiger partial charge on any atom is -0.496 e. The Morgan fingerprint density at radius 2 is 1.79 bits per heavy atom. The van der Waals surface area contributed by atoms with Crippen molar-refractivity contribution in [3.05, 3.63) is 46.9 Å². The molecule has 29 heavy (non-hydrogen) atoms. The number of anilines is 1. The number of ether oxygens (including phenoxy) is 2. The number of hydrogen-bond acceptors (Lipinski definition) is 6. The quantitative estimate of drug-likeness (QED) is 0.694. The zero-order valence-electron chi connectivity index (χ0n) is 17.5. The number of aromatic nitrogens is 2. The minimum atomic E-state index is -0.249. The van der Waals surface area contributed by atoms with Crippen molar-refractivity contribution in [2.75, 3.05) is 32.2 Å². The fourth-order valence-corrected chi connectivity index (χ4v) is 4.22. The zero-order chi connectivity index (χ0) is 20.4. The second-order valence-electron chi connectivity index (χ2n) is 8.00. The zero-order valence-corrected chi connectivity index (χ0v) is 17.5. The van der Waals surface area contributed by atoms with Crippen molar-refractivity contribution in [3.63, 3.8) is 0 Å². The Morgan fingerprint density at radius 1 is 1.07 bits per heavy atom. The topological polar surface area (TPSA) is 64.5 Å². The first kappa shape index (κ1) is 19.7. The Labute approximate surface area is 172 Å². The molecule has 2 heterocycles. The van der Waals surface area contributed by atoms with E-state index in [0.717, 1.165) is 67.4 Å². The Morgan fingerprint density at radius 3 is 2.45 bits per heavy atom. The van der Waals surface area contributed by atoms with Crippen LogP contribution in [0.1, 0.15) is 60.2 Å². The molecule has 0 unspecified atom stereocenters. The Hall–Kier alpha value is -2.63. The van der Waals surface area contributed by atoms with Crippen LogP contribution >= 0.6 is 0 Å². The van der Waals surface area contributed by atoms with Crippen molar-refractivity contribution < 1.29 is 14.3 Å². The van der Waals surface area contributed by atoms with Crippen LogP contribution in [0.2, 0.25) is 0 Å². The van der Waals surface area contributed by atoms with Crippen LogP contribution in [-0.2, 0) is 16.0 Å². The molecule has 0 bridgehead atoms. The lowest BCUT2D eigenvalue weighted by atomic mass is 9.88. The Balaban J connectivity index is 1.57. The van der Waals surface area contributed by atoms with Crippen molar-refractivity contribution >= 4 is 11.8 Å². The summed E-state index contributed by atoms with van der Waals surface area (Å²) in [6.45, 7) is 3.78.